The first-order valence-corrected chi connectivity index (χ1v) is 8.48. The van der Waals surface area contributed by atoms with Crippen molar-refractivity contribution in [3.05, 3.63) is 59.7 Å². The highest BCUT2D eigenvalue weighted by molar-refractivity contribution is 5.85. The van der Waals surface area contributed by atoms with Gasteiger partial charge in [0, 0.05) is 17.4 Å². The average molecular weight is 342 g/mol. The van der Waals surface area contributed by atoms with Crippen LogP contribution in [0.4, 0.5) is 16.2 Å². The van der Waals surface area contributed by atoms with Gasteiger partial charge in [-0.15, -0.1) is 0 Å². The SMILES string of the molecule is CC(C)COC(=O)Nc1cccc(NC(C)c2cccc(CO)c2)c1. The Bertz CT molecular complexity index is 701. The Kier molecular flexibility index (Phi) is 6.83. The van der Waals surface area contributed by atoms with Crippen LogP contribution in [0.5, 0.6) is 0 Å². The van der Waals surface area contributed by atoms with E-state index in [4.69, 9.17) is 4.74 Å². The predicted molar refractivity (Wildman–Crippen MR) is 101 cm³/mol. The summed E-state index contributed by atoms with van der Waals surface area (Å²) in [6.45, 7) is 6.45. The number of hydrogen-bond donors (Lipinski definition) is 3. The van der Waals surface area contributed by atoms with Crippen molar-refractivity contribution in [2.75, 3.05) is 17.2 Å². The Morgan fingerprint density at radius 3 is 2.52 bits per heavy atom. The van der Waals surface area contributed by atoms with Gasteiger partial charge >= 0.3 is 6.09 Å². The molecule has 1 atom stereocenters. The van der Waals surface area contributed by atoms with Crippen molar-refractivity contribution in [1.29, 1.82) is 0 Å². The molecule has 0 bridgehead atoms. The molecular formula is C20H26N2O3. The van der Waals surface area contributed by atoms with Gasteiger partial charge in [-0.2, -0.15) is 0 Å². The number of rotatable bonds is 7. The van der Waals surface area contributed by atoms with Gasteiger partial charge in [0.25, 0.3) is 0 Å². The van der Waals surface area contributed by atoms with Gasteiger partial charge in [-0.25, -0.2) is 4.79 Å². The Balaban J connectivity index is 1.99. The van der Waals surface area contributed by atoms with Gasteiger partial charge < -0.3 is 15.2 Å². The Morgan fingerprint density at radius 2 is 1.80 bits per heavy atom. The molecule has 134 valence electrons. The molecule has 0 aliphatic heterocycles. The molecule has 0 aliphatic carbocycles. The van der Waals surface area contributed by atoms with Gasteiger partial charge in [0.2, 0.25) is 0 Å². The molecule has 0 radical (unpaired) electrons. The molecule has 1 amide bonds. The Morgan fingerprint density at radius 1 is 1.08 bits per heavy atom. The highest BCUT2D eigenvalue weighted by Crippen LogP contribution is 2.22. The smallest absolute Gasteiger partial charge is 0.411 e. The van der Waals surface area contributed by atoms with Gasteiger partial charge in [0.15, 0.2) is 0 Å². The number of aliphatic hydroxyl groups is 1. The van der Waals surface area contributed by atoms with Crippen molar-refractivity contribution in [2.24, 2.45) is 5.92 Å². The van der Waals surface area contributed by atoms with Gasteiger partial charge in [0.05, 0.1) is 13.2 Å². The minimum Gasteiger partial charge on any atom is -0.449 e. The average Bonchev–Trinajstić information content (AvgIpc) is 2.60. The van der Waals surface area contributed by atoms with Gasteiger partial charge in [-0.1, -0.05) is 44.2 Å². The normalized spacial score (nSPS) is 11.9. The summed E-state index contributed by atoms with van der Waals surface area (Å²) in [7, 11) is 0. The van der Waals surface area contributed by atoms with Crippen LogP contribution in [-0.2, 0) is 11.3 Å². The van der Waals surface area contributed by atoms with Crippen molar-refractivity contribution in [3.8, 4) is 0 Å². The second-order valence-corrected chi connectivity index (χ2v) is 6.47. The van der Waals surface area contributed by atoms with E-state index in [1.807, 2.05) is 69.3 Å². The summed E-state index contributed by atoms with van der Waals surface area (Å²) in [5, 5.41) is 15.4. The van der Waals surface area contributed by atoms with E-state index in [9.17, 15) is 9.90 Å². The topological polar surface area (TPSA) is 70.6 Å². The number of aliphatic hydroxyl groups excluding tert-OH is 1. The fraction of sp³-hybridized carbons (Fsp3) is 0.350. The highest BCUT2D eigenvalue weighted by Gasteiger charge is 2.08. The van der Waals surface area contributed by atoms with Crippen LogP contribution in [0, 0.1) is 5.92 Å². The molecule has 0 spiro atoms. The number of nitrogens with one attached hydrogen (secondary N) is 2. The van der Waals surface area contributed by atoms with Crippen molar-refractivity contribution in [2.45, 2.75) is 33.4 Å². The molecule has 1 unspecified atom stereocenters. The second kappa shape index (κ2) is 9.08. The van der Waals surface area contributed by atoms with E-state index >= 15 is 0 Å². The highest BCUT2D eigenvalue weighted by atomic mass is 16.5. The van der Waals surface area contributed by atoms with Gasteiger partial charge in [-0.05, 0) is 42.2 Å². The maximum absolute atomic E-state index is 11.8. The van der Waals surface area contributed by atoms with E-state index in [-0.39, 0.29) is 12.6 Å². The van der Waals surface area contributed by atoms with Crippen LogP contribution < -0.4 is 10.6 Å². The van der Waals surface area contributed by atoms with E-state index in [1.165, 1.54) is 0 Å². The lowest BCUT2D eigenvalue weighted by atomic mass is 10.1. The van der Waals surface area contributed by atoms with Crippen LogP contribution in [-0.4, -0.2) is 17.8 Å². The van der Waals surface area contributed by atoms with Crippen molar-refractivity contribution >= 4 is 17.5 Å². The first-order chi connectivity index (χ1) is 12.0. The third-order valence-corrected chi connectivity index (χ3v) is 3.67. The van der Waals surface area contributed by atoms with E-state index < -0.39 is 6.09 Å². The third-order valence-electron chi connectivity index (χ3n) is 3.67. The third kappa shape index (κ3) is 6.12. The van der Waals surface area contributed by atoms with Crippen LogP contribution in [0.15, 0.2) is 48.5 Å². The maximum atomic E-state index is 11.8. The lowest BCUT2D eigenvalue weighted by Crippen LogP contribution is -2.16. The molecule has 2 aromatic rings. The van der Waals surface area contributed by atoms with Crippen molar-refractivity contribution in [3.63, 3.8) is 0 Å². The first kappa shape index (κ1) is 18.8. The number of carbonyl (C=O) groups is 1. The maximum Gasteiger partial charge on any atom is 0.411 e. The van der Waals surface area contributed by atoms with E-state index in [0.717, 1.165) is 16.8 Å². The van der Waals surface area contributed by atoms with Gasteiger partial charge in [-0.3, -0.25) is 5.32 Å². The molecule has 25 heavy (non-hydrogen) atoms. The molecule has 2 rings (SSSR count). The zero-order valence-corrected chi connectivity index (χ0v) is 15.0. The summed E-state index contributed by atoms with van der Waals surface area (Å²) >= 11 is 0. The summed E-state index contributed by atoms with van der Waals surface area (Å²) < 4.78 is 5.13. The summed E-state index contributed by atoms with van der Waals surface area (Å²) in [6.07, 6.45) is -0.449. The Labute approximate surface area is 149 Å². The van der Waals surface area contributed by atoms with Crippen LogP contribution in [0.3, 0.4) is 0 Å². The molecule has 0 heterocycles. The zero-order chi connectivity index (χ0) is 18.2. The summed E-state index contributed by atoms with van der Waals surface area (Å²) in [5.41, 5.74) is 3.54. The minimum absolute atomic E-state index is 0.0262. The summed E-state index contributed by atoms with van der Waals surface area (Å²) in [4.78, 5) is 11.8. The summed E-state index contributed by atoms with van der Waals surface area (Å²) in [5.74, 6) is 0.300. The number of amides is 1. The number of hydrogen-bond acceptors (Lipinski definition) is 4. The quantitative estimate of drug-likeness (QED) is 0.690. The number of benzene rings is 2. The predicted octanol–water partition coefficient (Wildman–Crippen LogP) is 4.56. The molecule has 0 saturated heterocycles. The van der Waals surface area contributed by atoms with Crippen molar-refractivity contribution in [1.82, 2.24) is 0 Å². The van der Waals surface area contributed by atoms with E-state index in [2.05, 4.69) is 10.6 Å². The molecule has 0 aliphatic rings. The molecule has 0 aromatic heterocycles. The van der Waals surface area contributed by atoms with Crippen LogP contribution in [0.25, 0.3) is 0 Å². The number of ether oxygens (including phenoxy) is 1. The minimum atomic E-state index is -0.449. The Hall–Kier alpha value is -2.53. The standard InChI is InChI=1S/C20H26N2O3/c1-14(2)13-25-20(24)22-19-9-5-8-18(11-19)21-15(3)17-7-4-6-16(10-17)12-23/h4-11,14-15,21,23H,12-13H2,1-3H3,(H,22,24). The second-order valence-electron chi connectivity index (χ2n) is 6.47. The first-order valence-electron chi connectivity index (χ1n) is 8.48. The van der Waals surface area contributed by atoms with Crippen LogP contribution in [0.2, 0.25) is 0 Å². The van der Waals surface area contributed by atoms with Crippen LogP contribution in [0.1, 0.15) is 37.9 Å². The largest absolute Gasteiger partial charge is 0.449 e. The van der Waals surface area contributed by atoms with E-state index in [1.54, 1.807) is 0 Å². The molecule has 0 fully saturated rings. The zero-order valence-electron chi connectivity index (χ0n) is 15.0. The van der Waals surface area contributed by atoms with Crippen molar-refractivity contribution < 1.29 is 14.6 Å². The molecule has 5 nitrogen and oxygen atoms in total. The van der Waals surface area contributed by atoms with Crippen LogP contribution >= 0.6 is 0 Å². The molecule has 3 N–H and O–H groups in total. The fourth-order valence-electron chi connectivity index (χ4n) is 2.38. The molecule has 5 heteroatoms. The van der Waals surface area contributed by atoms with E-state index in [0.29, 0.717) is 18.2 Å². The lowest BCUT2D eigenvalue weighted by molar-refractivity contribution is 0.147. The molecule has 2 aromatic carbocycles. The fourth-order valence-corrected chi connectivity index (χ4v) is 2.38. The van der Waals surface area contributed by atoms with Gasteiger partial charge in [0.1, 0.15) is 0 Å². The lowest BCUT2D eigenvalue weighted by Gasteiger charge is -2.17. The monoisotopic (exact) mass is 342 g/mol. The number of anilines is 2. The molecular weight excluding hydrogens is 316 g/mol. The molecule has 0 saturated carbocycles. The summed E-state index contributed by atoms with van der Waals surface area (Å²) in [6, 6.07) is 15.4. The number of carbonyl (C=O) groups excluding carboxylic acids is 1.